The van der Waals surface area contributed by atoms with Gasteiger partial charge in [-0.15, -0.1) is 0 Å². The van der Waals surface area contributed by atoms with Gasteiger partial charge in [-0.3, -0.25) is 13.7 Å². The standard InChI is InChI=1S/C73H65N5O/c1-9-48(10-2)50-38-39-74-70(42-50)78-66-37-34-55(77-64-30-16-14-26-60(64)61-27-15-17-31-65(61)77)45-63(66)62-36-35-57(46-69(62)78)79-56-25-20-24-54(44-56)75-47-76(68-33-19-18-32-67(68)75)71-58(49-22-12-11-13-23-49)28-21-29-59(71)51-40-52(72(3,4)5)43-53(41-51)73(6,7)8/h11-46,48H,9-10H2,1-8H3. The normalized spacial score (nSPS) is 12.3. The molecule has 0 saturated heterocycles. The molecule has 13 rings (SSSR count). The SMILES string of the molecule is CCC(CC)c1ccnc(-n2c3ccc(-n4c5ccccc5c5ccccc54)cc3c3ccc(Oc4cccc(-n5[c-][n+](-c6c(-c7ccccc7)cccc6-c6cc(C(C)(C)C)cc(C(C)(C)C)c6)c6ccccc65)c4)cc32)c1. The molecule has 0 spiro atoms. The highest BCUT2D eigenvalue weighted by molar-refractivity contribution is 6.12. The zero-order valence-corrected chi connectivity index (χ0v) is 46.4. The summed E-state index contributed by atoms with van der Waals surface area (Å²) < 4.78 is 16.1. The van der Waals surface area contributed by atoms with Crippen LogP contribution >= 0.6 is 0 Å². The van der Waals surface area contributed by atoms with Crippen LogP contribution in [-0.2, 0) is 10.8 Å². The van der Waals surface area contributed by atoms with Crippen molar-refractivity contribution in [3.63, 3.8) is 0 Å². The summed E-state index contributed by atoms with van der Waals surface area (Å²) >= 11 is 0. The van der Waals surface area contributed by atoms with E-state index in [4.69, 9.17) is 9.72 Å². The van der Waals surface area contributed by atoms with Crippen LogP contribution in [0.15, 0.2) is 219 Å². The number of pyridine rings is 1. The van der Waals surface area contributed by atoms with Gasteiger partial charge in [0.2, 0.25) is 0 Å². The lowest BCUT2D eigenvalue weighted by Gasteiger charge is -2.27. The van der Waals surface area contributed by atoms with Crippen LogP contribution in [0.4, 0.5) is 0 Å². The third-order valence-corrected chi connectivity index (χ3v) is 16.2. The second-order valence-corrected chi connectivity index (χ2v) is 23.3. The predicted octanol–water partition coefficient (Wildman–Crippen LogP) is 18.9. The Hall–Kier alpha value is -9.00. The summed E-state index contributed by atoms with van der Waals surface area (Å²) in [6.07, 6.45) is 8.01. The molecule has 0 aliphatic rings. The fourth-order valence-corrected chi connectivity index (χ4v) is 12.0. The van der Waals surface area contributed by atoms with E-state index >= 15 is 0 Å². The lowest BCUT2D eigenvalue weighted by Crippen LogP contribution is -2.31. The van der Waals surface area contributed by atoms with Crippen molar-refractivity contribution in [3.05, 3.63) is 242 Å². The molecule has 0 bridgehead atoms. The van der Waals surface area contributed by atoms with E-state index in [-0.39, 0.29) is 10.8 Å². The summed E-state index contributed by atoms with van der Waals surface area (Å²) in [7, 11) is 0. The maximum Gasteiger partial charge on any atom is 0.269 e. The first kappa shape index (κ1) is 49.6. The van der Waals surface area contributed by atoms with E-state index in [0.29, 0.717) is 5.92 Å². The summed E-state index contributed by atoms with van der Waals surface area (Å²) in [6.45, 7) is 18.4. The van der Waals surface area contributed by atoms with Crippen molar-refractivity contribution in [2.45, 2.75) is 85.0 Å². The van der Waals surface area contributed by atoms with Gasteiger partial charge >= 0.3 is 0 Å². The molecular formula is C73H65N5O. The molecule has 4 aromatic heterocycles. The molecular weight excluding hydrogens is 963 g/mol. The Morgan fingerprint density at radius 1 is 0.468 bits per heavy atom. The molecule has 0 radical (unpaired) electrons. The lowest BCUT2D eigenvalue weighted by molar-refractivity contribution is -0.571. The van der Waals surface area contributed by atoms with Crippen molar-refractivity contribution >= 4 is 54.6 Å². The highest BCUT2D eigenvalue weighted by Gasteiger charge is 2.25. The van der Waals surface area contributed by atoms with Crippen LogP contribution in [0.2, 0.25) is 0 Å². The Morgan fingerprint density at radius 2 is 1.08 bits per heavy atom. The number of aromatic nitrogens is 5. The zero-order valence-electron chi connectivity index (χ0n) is 46.4. The molecule has 0 fully saturated rings. The van der Waals surface area contributed by atoms with Crippen LogP contribution in [0.5, 0.6) is 11.5 Å². The van der Waals surface area contributed by atoms with Crippen LogP contribution < -0.4 is 9.30 Å². The van der Waals surface area contributed by atoms with E-state index < -0.39 is 0 Å². The van der Waals surface area contributed by atoms with Crippen molar-refractivity contribution < 1.29 is 9.30 Å². The first-order valence-corrected chi connectivity index (χ1v) is 28.0. The number of ether oxygens (including phenoxy) is 1. The maximum atomic E-state index is 6.97. The van der Waals surface area contributed by atoms with Gasteiger partial charge in [0.25, 0.3) is 6.33 Å². The van der Waals surface area contributed by atoms with Crippen LogP contribution in [0.3, 0.4) is 0 Å². The van der Waals surface area contributed by atoms with Gasteiger partial charge in [0, 0.05) is 39.5 Å². The number of fused-ring (bicyclic) bond motifs is 7. The summed E-state index contributed by atoms with van der Waals surface area (Å²) in [5.74, 6) is 2.79. The molecule has 0 atom stereocenters. The van der Waals surface area contributed by atoms with Gasteiger partial charge < -0.3 is 9.30 Å². The molecule has 6 heteroatoms. The van der Waals surface area contributed by atoms with E-state index in [1.807, 2.05) is 12.3 Å². The first-order valence-electron chi connectivity index (χ1n) is 28.0. The highest BCUT2D eigenvalue weighted by Crippen LogP contribution is 2.42. The fraction of sp³-hybridized carbons (Fsp3) is 0.178. The first-order chi connectivity index (χ1) is 38.3. The summed E-state index contributed by atoms with van der Waals surface area (Å²) in [4.78, 5) is 5.08. The number of hydrogen-bond acceptors (Lipinski definition) is 2. The predicted molar refractivity (Wildman–Crippen MR) is 328 cm³/mol. The van der Waals surface area contributed by atoms with Gasteiger partial charge in [0.1, 0.15) is 17.3 Å². The van der Waals surface area contributed by atoms with Gasteiger partial charge in [-0.25, -0.2) is 4.98 Å². The quantitative estimate of drug-likeness (QED) is 0.0957. The minimum Gasteiger partial charge on any atom is -0.458 e. The summed E-state index contributed by atoms with van der Waals surface area (Å²) in [5.41, 5.74) is 18.1. The van der Waals surface area contributed by atoms with Crippen molar-refractivity contribution in [2.24, 2.45) is 0 Å². The molecule has 0 N–H and O–H groups in total. The Balaban J connectivity index is 0.943. The summed E-state index contributed by atoms with van der Waals surface area (Å²) in [6, 6.07) is 76.9. The number of nitrogens with zero attached hydrogens (tertiary/aromatic N) is 5. The molecule has 0 aliphatic heterocycles. The van der Waals surface area contributed by atoms with Crippen LogP contribution in [0, 0.1) is 6.33 Å². The average Bonchev–Trinajstić information content (AvgIpc) is 4.34. The van der Waals surface area contributed by atoms with Gasteiger partial charge in [-0.1, -0.05) is 189 Å². The minimum atomic E-state index is -0.0467. The molecule has 0 unspecified atom stereocenters. The molecule has 6 nitrogen and oxygen atoms in total. The van der Waals surface area contributed by atoms with Crippen LogP contribution in [0.25, 0.3) is 99.8 Å². The Bertz CT molecular complexity index is 4370. The van der Waals surface area contributed by atoms with E-state index in [0.717, 1.165) is 96.8 Å². The zero-order chi connectivity index (χ0) is 54.2. The van der Waals surface area contributed by atoms with Crippen molar-refractivity contribution in [1.82, 2.24) is 18.7 Å². The Labute approximate surface area is 463 Å². The monoisotopic (exact) mass is 1030 g/mol. The molecule has 79 heavy (non-hydrogen) atoms. The minimum absolute atomic E-state index is 0.0467. The van der Waals surface area contributed by atoms with E-state index in [9.17, 15) is 0 Å². The Kier molecular flexibility index (Phi) is 12.2. The second-order valence-electron chi connectivity index (χ2n) is 23.3. The molecule has 9 aromatic carbocycles. The number of imidazole rings is 1. The molecule has 4 heterocycles. The van der Waals surface area contributed by atoms with E-state index in [1.54, 1.807) is 0 Å². The van der Waals surface area contributed by atoms with Gasteiger partial charge in [-0.2, -0.15) is 0 Å². The maximum absolute atomic E-state index is 6.97. The van der Waals surface area contributed by atoms with Gasteiger partial charge in [0.05, 0.1) is 44.5 Å². The third-order valence-electron chi connectivity index (χ3n) is 16.2. The number of rotatable bonds is 11. The van der Waals surface area contributed by atoms with Gasteiger partial charge in [0.15, 0.2) is 0 Å². The van der Waals surface area contributed by atoms with E-state index in [1.165, 1.54) is 44.1 Å². The number of hydrogen-bond donors (Lipinski definition) is 0. The van der Waals surface area contributed by atoms with Gasteiger partial charge in [-0.05, 0) is 141 Å². The second kappa shape index (κ2) is 19.5. The van der Waals surface area contributed by atoms with Crippen molar-refractivity contribution in [1.29, 1.82) is 0 Å². The third kappa shape index (κ3) is 8.76. The molecule has 0 amide bonds. The number of para-hydroxylation sites is 5. The van der Waals surface area contributed by atoms with Crippen molar-refractivity contribution in [3.8, 4) is 56.6 Å². The largest absolute Gasteiger partial charge is 0.458 e. The average molecular weight is 1030 g/mol. The smallest absolute Gasteiger partial charge is 0.269 e. The lowest BCUT2D eigenvalue weighted by atomic mass is 9.78. The molecule has 388 valence electrons. The Morgan fingerprint density at radius 3 is 1.77 bits per heavy atom. The summed E-state index contributed by atoms with van der Waals surface area (Å²) in [5, 5.41) is 4.76. The molecule has 0 saturated carbocycles. The van der Waals surface area contributed by atoms with Crippen molar-refractivity contribution in [2.75, 3.05) is 0 Å². The molecule has 0 aliphatic carbocycles. The highest BCUT2D eigenvalue weighted by atomic mass is 16.5. The van der Waals surface area contributed by atoms with E-state index in [2.05, 4.69) is 286 Å². The van der Waals surface area contributed by atoms with Crippen LogP contribution in [0.1, 0.15) is 90.8 Å². The molecule has 13 aromatic rings. The topological polar surface area (TPSA) is 40.8 Å². The number of benzene rings is 9. The fourth-order valence-electron chi connectivity index (χ4n) is 12.0. The van der Waals surface area contributed by atoms with Crippen LogP contribution in [-0.4, -0.2) is 18.7 Å².